The van der Waals surface area contributed by atoms with Crippen LogP contribution in [0, 0.1) is 0 Å². The fourth-order valence-corrected chi connectivity index (χ4v) is 11.1. The van der Waals surface area contributed by atoms with Crippen LogP contribution in [-0.2, 0) is 17.3 Å². The minimum atomic E-state index is -0.0508. The highest BCUT2D eigenvalue weighted by Gasteiger charge is 2.37. The van der Waals surface area contributed by atoms with E-state index >= 15 is 0 Å². The Bertz CT molecular complexity index is 3260. The van der Waals surface area contributed by atoms with Crippen LogP contribution in [0.3, 0.4) is 0 Å². The Balaban J connectivity index is 0.911. The van der Waals surface area contributed by atoms with Crippen LogP contribution in [0.2, 0.25) is 0 Å². The molecule has 2 nitrogen and oxygen atoms in total. The van der Waals surface area contributed by atoms with Crippen LogP contribution in [0.15, 0.2) is 188 Å². The molecule has 9 aromatic rings. The van der Waals surface area contributed by atoms with Crippen molar-refractivity contribution in [2.24, 2.45) is 0 Å². The van der Waals surface area contributed by atoms with E-state index in [0.29, 0.717) is 0 Å². The number of hydrogen-bond acceptors (Lipinski definition) is 1. The molecule has 298 valence electrons. The van der Waals surface area contributed by atoms with Crippen molar-refractivity contribution in [3.63, 3.8) is 0 Å². The lowest BCUT2D eigenvalue weighted by molar-refractivity contribution is 0.660. The van der Waals surface area contributed by atoms with Gasteiger partial charge in [0.2, 0.25) is 0 Å². The number of aromatic nitrogens is 1. The van der Waals surface area contributed by atoms with Crippen LogP contribution in [0.1, 0.15) is 67.6 Å². The molecule has 2 heteroatoms. The van der Waals surface area contributed by atoms with Crippen LogP contribution in [0.4, 0.5) is 17.1 Å². The van der Waals surface area contributed by atoms with Gasteiger partial charge in [0.1, 0.15) is 0 Å². The van der Waals surface area contributed by atoms with Crippen LogP contribution in [0.5, 0.6) is 0 Å². The molecule has 0 saturated carbocycles. The second kappa shape index (κ2) is 13.7. The maximum absolute atomic E-state index is 2.46. The largest absolute Gasteiger partial charge is 0.313 e. The van der Waals surface area contributed by atoms with Crippen molar-refractivity contribution in [2.75, 3.05) is 4.90 Å². The van der Waals surface area contributed by atoms with E-state index in [-0.39, 0.29) is 10.8 Å². The standard InChI is InChI=1S/C60H48N2/c1-59(2)54-18-10-6-14-48(54)52-38-46(34-36-55(52)59)61(44-30-25-41(26-31-44)42-27-35-49-47-13-5-9-17-53(47)60(3,4)56(49)37-42)43-28-21-39(22-29-43)40-23-32-45(33-24-40)62-57-19-11-7-15-50(57)51-16-8-12-20-58(51)62/h5-11,13-19,21-38H,12,20H2,1-4H3. The summed E-state index contributed by atoms with van der Waals surface area (Å²) in [5.74, 6) is 0. The van der Waals surface area contributed by atoms with E-state index in [4.69, 9.17) is 0 Å². The molecule has 0 radical (unpaired) electrons. The molecule has 12 rings (SSSR count). The second-order valence-electron chi connectivity index (χ2n) is 18.5. The predicted molar refractivity (Wildman–Crippen MR) is 261 cm³/mol. The number of anilines is 3. The highest BCUT2D eigenvalue weighted by Crippen LogP contribution is 2.52. The molecule has 0 amide bonds. The lowest BCUT2D eigenvalue weighted by Crippen LogP contribution is -2.15. The molecular formula is C60H48N2. The molecule has 8 aromatic carbocycles. The van der Waals surface area contributed by atoms with E-state index < -0.39 is 0 Å². The summed E-state index contributed by atoms with van der Waals surface area (Å²) in [6, 6.07) is 68.1. The third-order valence-corrected chi connectivity index (χ3v) is 14.3. The van der Waals surface area contributed by atoms with Gasteiger partial charge < -0.3 is 9.47 Å². The monoisotopic (exact) mass is 796 g/mol. The van der Waals surface area contributed by atoms with Crippen LogP contribution < -0.4 is 4.90 Å². The quantitative estimate of drug-likeness (QED) is 0.163. The summed E-state index contributed by atoms with van der Waals surface area (Å²) < 4.78 is 2.46. The van der Waals surface area contributed by atoms with Crippen LogP contribution >= 0.6 is 0 Å². The van der Waals surface area contributed by atoms with Gasteiger partial charge in [0.15, 0.2) is 0 Å². The smallest absolute Gasteiger partial charge is 0.0537 e. The summed E-state index contributed by atoms with van der Waals surface area (Å²) in [4.78, 5) is 2.42. The first-order chi connectivity index (χ1) is 30.3. The van der Waals surface area contributed by atoms with Gasteiger partial charge >= 0.3 is 0 Å². The Kier molecular flexibility index (Phi) is 8.09. The predicted octanol–water partition coefficient (Wildman–Crippen LogP) is 16.0. The molecule has 3 aliphatic rings. The lowest BCUT2D eigenvalue weighted by atomic mass is 9.81. The number of fused-ring (bicyclic) bond motifs is 9. The van der Waals surface area contributed by atoms with Crippen molar-refractivity contribution >= 4 is 34.0 Å². The Hall–Kier alpha value is -7.16. The Morgan fingerprint density at radius 3 is 1.65 bits per heavy atom. The van der Waals surface area contributed by atoms with Crippen molar-refractivity contribution in [3.05, 3.63) is 222 Å². The molecule has 0 N–H and O–H groups in total. The first kappa shape index (κ1) is 36.7. The Labute approximate surface area is 365 Å². The van der Waals surface area contributed by atoms with E-state index in [0.717, 1.165) is 29.9 Å². The molecule has 3 aliphatic carbocycles. The van der Waals surface area contributed by atoms with Crippen molar-refractivity contribution in [1.82, 2.24) is 4.57 Å². The van der Waals surface area contributed by atoms with Crippen LogP contribution in [-0.4, -0.2) is 4.57 Å². The minimum Gasteiger partial charge on any atom is -0.313 e. The van der Waals surface area contributed by atoms with E-state index in [9.17, 15) is 0 Å². The number of rotatable bonds is 6. The number of para-hydroxylation sites is 1. The van der Waals surface area contributed by atoms with Gasteiger partial charge in [-0.2, -0.15) is 0 Å². The molecule has 62 heavy (non-hydrogen) atoms. The van der Waals surface area contributed by atoms with Gasteiger partial charge in [-0.05, 0) is 140 Å². The number of nitrogens with zero attached hydrogens (tertiary/aromatic N) is 2. The molecule has 0 unspecified atom stereocenters. The number of benzene rings is 8. The van der Waals surface area contributed by atoms with E-state index in [1.807, 2.05) is 0 Å². The molecule has 0 bridgehead atoms. The average Bonchev–Trinajstić information content (AvgIpc) is 3.86. The summed E-state index contributed by atoms with van der Waals surface area (Å²) in [6.07, 6.45) is 6.75. The highest BCUT2D eigenvalue weighted by molar-refractivity contribution is 5.94. The zero-order valence-electron chi connectivity index (χ0n) is 35.8. The van der Waals surface area contributed by atoms with Gasteiger partial charge in [-0.15, -0.1) is 0 Å². The van der Waals surface area contributed by atoms with Crippen molar-refractivity contribution in [1.29, 1.82) is 0 Å². The van der Waals surface area contributed by atoms with E-state index in [1.54, 1.807) is 0 Å². The minimum absolute atomic E-state index is 0.0393. The average molecular weight is 797 g/mol. The summed E-state index contributed by atoms with van der Waals surface area (Å²) in [6.45, 7) is 9.41. The highest BCUT2D eigenvalue weighted by atomic mass is 15.1. The maximum Gasteiger partial charge on any atom is 0.0537 e. The van der Waals surface area contributed by atoms with Crippen molar-refractivity contribution in [3.8, 4) is 50.2 Å². The summed E-state index contributed by atoms with van der Waals surface area (Å²) >= 11 is 0. The fourth-order valence-electron chi connectivity index (χ4n) is 11.1. The summed E-state index contributed by atoms with van der Waals surface area (Å²) in [5, 5.41) is 1.33. The van der Waals surface area contributed by atoms with Gasteiger partial charge in [0.25, 0.3) is 0 Å². The fraction of sp³-hybridized carbons (Fsp3) is 0.133. The van der Waals surface area contributed by atoms with Crippen molar-refractivity contribution < 1.29 is 0 Å². The molecule has 0 fully saturated rings. The Morgan fingerprint density at radius 2 is 0.952 bits per heavy atom. The molecule has 0 spiro atoms. The normalized spacial score (nSPS) is 14.8. The number of hydrogen-bond donors (Lipinski definition) is 0. The second-order valence-corrected chi connectivity index (χ2v) is 18.5. The molecule has 1 aromatic heterocycles. The first-order valence-corrected chi connectivity index (χ1v) is 22.1. The van der Waals surface area contributed by atoms with Gasteiger partial charge in [-0.1, -0.05) is 161 Å². The van der Waals surface area contributed by atoms with Gasteiger partial charge in [-0.25, -0.2) is 0 Å². The molecule has 1 heterocycles. The van der Waals surface area contributed by atoms with Gasteiger partial charge in [0.05, 0.1) is 5.52 Å². The molecule has 0 atom stereocenters. The molecule has 0 saturated heterocycles. The van der Waals surface area contributed by atoms with E-state index in [2.05, 4.69) is 231 Å². The third kappa shape index (κ3) is 5.49. The van der Waals surface area contributed by atoms with Crippen LogP contribution in [0.25, 0.3) is 67.2 Å². The summed E-state index contributed by atoms with van der Waals surface area (Å²) in [7, 11) is 0. The summed E-state index contributed by atoms with van der Waals surface area (Å²) in [5.41, 5.74) is 24.3. The molecule has 0 aliphatic heterocycles. The Morgan fingerprint density at radius 1 is 0.435 bits per heavy atom. The number of allylic oxidation sites excluding steroid dienone is 1. The SMILES string of the molecule is CC1(C)c2ccccc2-c2cc(N(c3ccc(-c4ccc(-n5c6c(c7ccccc75)C=CCC6)cc4)cc3)c3ccc(-c4ccc5c(c4)C(C)(C)c4ccccc4-5)cc3)ccc21. The van der Waals surface area contributed by atoms with Gasteiger partial charge in [0, 0.05) is 50.2 Å². The topological polar surface area (TPSA) is 8.17 Å². The zero-order valence-corrected chi connectivity index (χ0v) is 35.8. The zero-order chi connectivity index (χ0) is 41.7. The van der Waals surface area contributed by atoms with E-state index in [1.165, 1.54) is 94.6 Å². The third-order valence-electron chi connectivity index (χ3n) is 14.3. The lowest BCUT2D eigenvalue weighted by Gasteiger charge is -2.27. The maximum atomic E-state index is 2.46. The van der Waals surface area contributed by atoms with Crippen molar-refractivity contribution in [2.45, 2.75) is 51.4 Å². The first-order valence-electron chi connectivity index (χ1n) is 22.1. The molecular weight excluding hydrogens is 749 g/mol. The van der Waals surface area contributed by atoms with Gasteiger partial charge in [-0.3, -0.25) is 0 Å².